The SMILES string of the molecule is Cn1nccc1C(O)CC1CCSCC1. The summed E-state index contributed by atoms with van der Waals surface area (Å²) in [6.07, 6.45) is 4.79. The number of thioether (sulfide) groups is 1. The van der Waals surface area contributed by atoms with E-state index in [1.807, 2.05) is 24.9 Å². The number of rotatable bonds is 3. The molecule has 1 fully saturated rings. The van der Waals surface area contributed by atoms with Crippen LogP contribution >= 0.6 is 11.8 Å². The van der Waals surface area contributed by atoms with Gasteiger partial charge in [-0.3, -0.25) is 4.68 Å². The summed E-state index contributed by atoms with van der Waals surface area (Å²) in [4.78, 5) is 0. The molecule has 1 unspecified atom stereocenters. The fraction of sp³-hybridized carbons (Fsp3) is 0.727. The standard InChI is InChI=1S/C11H18N2OS/c1-13-10(2-5-12-13)11(14)8-9-3-6-15-7-4-9/h2,5,9,11,14H,3-4,6-8H2,1H3. The van der Waals surface area contributed by atoms with Crippen LogP contribution in [0.2, 0.25) is 0 Å². The second kappa shape index (κ2) is 5.03. The van der Waals surface area contributed by atoms with Crippen molar-refractivity contribution < 1.29 is 5.11 Å². The van der Waals surface area contributed by atoms with E-state index < -0.39 is 0 Å². The molecule has 84 valence electrons. The molecule has 4 heteroatoms. The molecule has 15 heavy (non-hydrogen) atoms. The number of hydrogen-bond donors (Lipinski definition) is 1. The lowest BCUT2D eigenvalue weighted by Gasteiger charge is -2.23. The van der Waals surface area contributed by atoms with E-state index in [1.165, 1.54) is 24.3 Å². The quantitative estimate of drug-likeness (QED) is 0.856. The Balaban J connectivity index is 1.91. The van der Waals surface area contributed by atoms with Crippen LogP contribution in [0.15, 0.2) is 12.3 Å². The summed E-state index contributed by atoms with van der Waals surface area (Å²) in [5, 5.41) is 14.2. The maximum atomic E-state index is 10.1. The third kappa shape index (κ3) is 2.75. The summed E-state index contributed by atoms with van der Waals surface area (Å²) in [7, 11) is 1.88. The van der Waals surface area contributed by atoms with Crippen LogP contribution in [-0.2, 0) is 7.05 Å². The predicted molar refractivity (Wildman–Crippen MR) is 62.8 cm³/mol. The maximum absolute atomic E-state index is 10.1. The van der Waals surface area contributed by atoms with E-state index in [9.17, 15) is 5.11 Å². The molecular weight excluding hydrogens is 208 g/mol. The van der Waals surface area contributed by atoms with Crippen LogP contribution in [0.4, 0.5) is 0 Å². The van der Waals surface area contributed by atoms with Crippen molar-refractivity contribution in [3.05, 3.63) is 18.0 Å². The molecule has 2 rings (SSSR count). The van der Waals surface area contributed by atoms with Gasteiger partial charge in [0.2, 0.25) is 0 Å². The molecule has 1 aliphatic heterocycles. The minimum Gasteiger partial charge on any atom is -0.387 e. The topological polar surface area (TPSA) is 38.0 Å². The van der Waals surface area contributed by atoms with E-state index in [1.54, 1.807) is 10.9 Å². The Bertz CT molecular complexity index is 307. The van der Waals surface area contributed by atoms with Gasteiger partial charge in [0, 0.05) is 13.2 Å². The molecule has 1 saturated heterocycles. The summed E-state index contributed by atoms with van der Waals surface area (Å²) in [5.74, 6) is 3.20. The van der Waals surface area contributed by atoms with Gasteiger partial charge in [-0.05, 0) is 42.8 Å². The van der Waals surface area contributed by atoms with Crippen molar-refractivity contribution in [1.29, 1.82) is 0 Å². The van der Waals surface area contributed by atoms with E-state index in [4.69, 9.17) is 0 Å². The number of aliphatic hydroxyl groups is 1. The molecule has 1 aromatic heterocycles. The highest BCUT2D eigenvalue weighted by Crippen LogP contribution is 2.30. The molecule has 0 saturated carbocycles. The van der Waals surface area contributed by atoms with Crippen LogP contribution < -0.4 is 0 Å². The zero-order valence-electron chi connectivity index (χ0n) is 9.09. The molecule has 1 N–H and O–H groups in total. The average molecular weight is 226 g/mol. The molecule has 1 aliphatic rings. The van der Waals surface area contributed by atoms with Crippen molar-refractivity contribution in [1.82, 2.24) is 9.78 Å². The van der Waals surface area contributed by atoms with Gasteiger partial charge in [-0.1, -0.05) is 0 Å². The monoisotopic (exact) mass is 226 g/mol. The first-order valence-corrected chi connectivity index (χ1v) is 6.66. The lowest BCUT2D eigenvalue weighted by Crippen LogP contribution is -2.15. The minimum atomic E-state index is -0.342. The Hall–Kier alpha value is -0.480. The first-order chi connectivity index (χ1) is 7.27. The van der Waals surface area contributed by atoms with Crippen LogP contribution in [0.5, 0.6) is 0 Å². The summed E-state index contributed by atoms with van der Waals surface area (Å²) in [6, 6.07) is 1.91. The molecule has 2 heterocycles. The third-order valence-corrected chi connectivity index (χ3v) is 4.15. The molecule has 0 aliphatic carbocycles. The van der Waals surface area contributed by atoms with Crippen LogP contribution in [0, 0.1) is 5.92 Å². The van der Waals surface area contributed by atoms with E-state index in [0.717, 1.165) is 12.1 Å². The molecule has 0 bridgehead atoms. The van der Waals surface area contributed by atoms with E-state index in [0.29, 0.717) is 5.92 Å². The largest absolute Gasteiger partial charge is 0.387 e. The van der Waals surface area contributed by atoms with Crippen molar-refractivity contribution in [2.45, 2.75) is 25.4 Å². The molecule has 1 aromatic rings. The smallest absolute Gasteiger partial charge is 0.0959 e. The zero-order chi connectivity index (χ0) is 10.7. The van der Waals surface area contributed by atoms with Crippen LogP contribution in [0.25, 0.3) is 0 Å². The van der Waals surface area contributed by atoms with Gasteiger partial charge in [-0.25, -0.2) is 0 Å². The van der Waals surface area contributed by atoms with E-state index in [2.05, 4.69) is 5.10 Å². The van der Waals surface area contributed by atoms with Crippen molar-refractivity contribution in [2.75, 3.05) is 11.5 Å². The molecule has 1 atom stereocenters. The summed E-state index contributed by atoms with van der Waals surface area (Å²) >= 11 is 2.03. The fourth-order valence-corrected chi connectivity index (χ4v) is 3.33. The molecule has 0 spiro atoms. The van der Waals surface area contributed by atoms with Gasteiger partial charge in [0.1, 0.15) is 0 Å². The summed E-state index contributed by atoms with van der Waals surface area (Å²) in [6.45, 7) is 0. The molecule has 0 aromatic carbocycles. The van der Waals surface area contributed by atoms with Gasteiger partial charge in [0.05, 0.1) is 11.8 Å². The zero-order valence-corrected chi connectivity index (χ0v) is 9.91. The third-order valence-electron chi connectivity index (χ3n) is 3.10. The number of aryl methyl sites for hydroxylation is 1. The van der Waals surface area contributed by atoms with Gasteiger partial charge < -0.3 is 5.11 Å². The Morgan fingerprint density at radius 3 is 2.93 bits per heavy atom. The van der Waals surface area contributed by atoms with Crippen molar-refractivity contribution in [3.8, 4) is 0 Å². The minimum absolute atomic E-state index is 0.342. The second-order valence-corrected chi connectivity index (χ2v) is 5.41. The Labute approximate surface area is 94.9 Å². The second-order valence-electron chi connectivity index (χ2n) is 4.19. The number of aliphatic hydroxyl groups excluding tert-OH is 1. The van der Waals surface area contributed by atoms with Gasteiger partial charge in [0.25, 0.3) is 0 Å². The average Bonchev–Trinajstić information content (AvgIpc) is 2.66. The van der Waals surface area contributed by atoms with Crippen molar-refractivity contribution in [2.24, 2.45) is 13.0 Å². The molecule has 0 radical (unpaired) electrons. The summed E-state index contributed by atoms with van der Waals surface area (Å²) < 4.78 is 1.77. The van der Waals surface area contributed by atoms with Gasteiger partial charge in [0.15, 0.2) is 0 Å². The van der Waals surface area contributed by atoms with E-state index >= 15 is 0 Å². The highest BCUT2D eigenvalue weighted by Gasteiger charge is 2.20. The van der Waals surface area contributed by atoms with Crippen LogP contribution in [0.3, 0.4) is 0 Å². The molecular formula is C11H18N2OS. The van der Waals surface area contributed by atoms with Gasteiger partial charge >= 0.3 is 0 Å². The number of hydrogen-bond acceptors (Lipinski definition) is 3. The number of nitrogens with zero attached hydrogens (tertiary/aromatic N) is 2. The first kappa shape index (κ1) is 11.0. The Morgan fingerprint density at radius 1 is 1.60 bits per heavy atom. The normalized spacial score (nSPS) is 20.4. The fourth-order valence-electron chi connectivity index (χ4n) is 2.13. The number of aromatic nitrogens is 2. The summed E-state index contributed by atoms with van der Waals surface area (Å²) in [5.41, 5.74) is 0.938. The van der Waals surface area contributed by atoms with Crippen molar-refractivity contribution in [3.63, 3.8) is 0 Å². The van der Waals surface area contributed by atoms with Crippen molar-refractivity contribution >= 4 is 11.8 Å². The first-order valence-electron chi connectivity index (χ1n) is 5.51. The van der Waals surface area contributed by atoms with Crippen LogP contribution in [-0.4, -0.2) is 26.4 Å². The molecule has 0 amide bonds. The molecule has 3 nitrogen and oxygen atoms in total. The highest BCUT2D eigenvalue weighted by molar-refractivity contribution is 7.99. The lowest BCUT2D eigenvalue weighted by atomic mass is 9.94. The predicted octanol–water partition coefficient (Wildman–Crippen LogP) is 1.99. The van der Waals surface area contributed by atoms with E-state index in [-0.39, 0.29) is 6.10 Å². The Morgan fingerprint density at radius 2 is 2.33 bits per heavy atom. The van der Waals surface area contributed by atoms with Gasteiger partial charge in [-0.15, -0.1) is 0 Å². The lowest BCUT2D eigenvalue weighted by molar-refractivity contribution is 0.132. The van der Waals surface area contributed by atoms with Crippen LogP contribution in [0.1, 0.15) is 31.1 Å². The Kier molecular flexibility index (Phi) is 3.70. The maximum Gasteiger partial charge on any atom is 0.0959 e. The highest BCUT2D eigenvalue weighted by atomic mass is 32.2. The van der Waals surface area contributed by atoms with Gasteiger partial charge in [-0.2, -0.15) is 16.9 Å².